The molecular formula is C10H8F2N2O2. The van der Waals surface area contributed by atoms with E-state index >= 15 is 0 Å². The lowest BCUT2D eigenvalue weighted by molar-refractivity contribution is -0.0498. The number of benzene rings is 1. The van der Waals surface area contributed by atoms with E-state index in [1.165, 1.54) is 12.1 Å². The topological polar surface area (TPSA) is 48.2 Å². The fourth-order valence-corrected chi connectivity index (χ4v) is 1.19. The molecule has 1 heterocycles. The molecule has 0 bridgehead atoms. The number of alkyl halides is 2. The lowest BCUT2D eigenvalue weighted by Crippen LogP contribution is -2.01. The summed E-state index contributed by atoms with van der Waals surface area (Å²) in [7, 11) is 0. The van der Waals surface area contributed by atoms with Crippen LogP contribution in [-0.4, -0.2) is 16.8 Å². The first-order chi connectivity index (χ1) is 7.65. The van der Waals surface area contributed by atoms with Gasteiger partial charge < -0.3 is 9.26 Å². The van der Waals surface area contributed by atoms with Crippen molar-refractivity contribution >= 4 is 0 Å². The van der Waals surface area contributed by atoms with E-state index < -0.39 is 6.61 Å². The van der Waals surface area contributed by atoms with Gasteiger partial charge in [0.15, 0.2) is 5.82 Å². The van der Waals surface area contributed by atoms with Crippen LogP contribution in [-0.2, 0) is 0 Å². The maximum atomic E-state index is 11.9. The van der Waals surface area contributed by atoms with Gasteiger partial charge in [-0.15, -0.1) is 0 Å². The molecule has 0 unspecified atom stereocenters. The van der Waals surface area contributed by atoms with E-state index in [-0.39, 0.29) is 5.75 Å². The maximum absolute atomic E-state index is 11.9. The average molecular weight is 226 g/mol. The summed E-state index contributed by atoms with van der Waals surface area (Å²) < 4.78 is 32.9. The van der Waals surface area contributed by atoms with Crippen LogP contribution in [0.3, 0.4) is 0 Å². The molecule has 0 N–H and O–H groups in total. The van der Waals surface area contributed by atoms with Gasteiger partial charge in [-0.05, 0) is 31.2 Å². The second-order valence-electron chi connectivity index (χ2n) is 3.05. The zero-order valence-electron chi connectivity index (χ0n) is 8.35. The number of halogens is 2. The van der Waals surface area contributed by atoms with Gasteiger partial charge in [-0.1, -0.05) is 5.16 Å². The lowest BCUT2D eigenvalue weighted by Gasteiger charge is -2.03. The summed E-state index contributed by atoms with van der Waals surface area (Å²) in [5, 5.41) is 3.63. The third-order valence-electron chi connectivity index (χ3n) is 1.85. The summed E-state index contributed by atoms with van der Waals surface area (Å²) >= 11 is 0. The number of hydrogen-bond donors (Lipinski definition) is 0. The molecule has 16 heavy (non-hydrogen) atoms. The molecule has 0 spiro atoms. The maximum Gasteiger partial charge on any atom is 0.387 e. The van der Waals surface area contributed by atoms with Gasteiger partial charge >= 0.3 is 6.61 Å². The smallest absolute Gasteiger partial charge is 0.387 e. The average Bonchev–Trinajstić information content (AvgIpc) is 2.65. The standard InChI is InChI=1S/C10H8F2N2O2/c1-6-13-9(16-14-6)7-2-4-8(5-3-7)15-10(11)12/h2-5,10H,1H3. The summed E-state index contributed by atoms with van der Waals surface area (Å²) in [6, 6.07) is 5.98. The van der Waals surface area contributed by atoms with E-state index in [1.54, 1.807) is 19.1 Å². The van der Waals surface area contributed by atoms with E-state index in [0.717, 1.165) is 0 Å². The Morgan fingerprint density at radius 3 is 2.44 bits per heavy atom. The van der Waals surface area contributed by atoms with Gasteiger partial charge in [0.1, 0.15) is 5.75 Å². The van der Waals surface area contributed by atoms with E-state index in [9.17, 15) is 8.78 Å². The third-order valence-corrected chi connectivity index (χ3v) is 1.85. The van der Waals surface area contributed by atoms with Crippen LogP contribution in [0.4, 0.5) is 8.78 Å². The molecule has 0 saturated carbocycles. The van der Waals surface area contributed by atoms with E-state index in [0.29, 0.717) is 17.3 Å². The SMILES string of the molecule is Cc1noc(-c2ccc(OC(F)F)cc2)n1. The Bertz CT molecular complexity index is 468. The van der Waals surface area contributed by atoms with Gasteiger partial charge in [0.25, 0.3) is 5.89 Å². The van der Waals surface area contributed by atoms with Crippen molar-refractivity contribution in [2.24, 2.45) is 0 Å². The van der Waals surface area contributed by atoms with Crippen LogP contribution in [0.5, 0.6) is 5.75 Å². The molecule has 0 amide bonds. The first kappa shape index (κ1) is 10.5. The molecule has 2 aromatic rings. The number of nitrogens with zero attached hydrogens (tertiary/aromatic N) is 2. The number of aryl methyl sites for hydroxylation is 1. The summed E-state index contributed by atoms with van der Waals surface area (Å²) in [4.78, 5) is 4.00. The minimum atomic E-state index is -2.82. The van der Waals surface area contributed by atoms with Crippen molar-refractivity contribution in [3.05, 3.63) is 30.1 Å². The molecule has 84 valence electrons. The third kappa shape index (κ3) is 2.33. The highest BCUT2D eigenvalue weighted by Gasteiger charge is 2.07. The minimum Gasteiger partial charge on any atom is -0.435 e. The fraction of sp³-hybridized carbons (Fsp3) is 0.200. The molecule has 0 aliphatic rings. The summed E-state index contributed by atoms with van der Waals surface area (Å²) in [5.74, 6) is 0.957. The van der Waals surface area contributed by atoms with Crippen LogP contribution in [0.15, 0.2) is 28.8 Å². The van der Waals surface area contributed by atoms with Crippen molar-refractivity contribution in [1.29, 1.82) is 0 Å². The Hall–Kier alpha value is -1.98. The molecule has 2 rings (SSSR count). The van der Waals surface area contributed by atoms with Crippen molar-refractivity contribution in [1.82, 2.24) is 10.1 Å². The Morgan fingerprint density at radius 2 is 1.94 bits per heavy atom. The van der Waals surface area contributed by atoms with Crippen molar-refractivity contribution in [2.45, 2.75) is 13.5 Å². The van der Waals surface area contributed by atoms with Crippen molar-refractivity contribution in [2.75, 3.05) is 0 Å². The first-order valence-corrected chi connectivity index (χ1v) is 4.51. The zero-order chi connectivity index (χ0) is 11.5. The van der Waals surface area contributed by atoms with Gasteiger partial charge in [-0.3, -0.25) is 0 Å². The molecular weight excluding hydrogens is 218 g/mol. The largest absolute Gasteiger partial charge is 0.435 e. The highest BCUT2D eigenvalue weighted by atomic mass is 19.3. The number of ether oxygens (including phenoxy) is 1. The van der Waals surface area contributed by atoms with Crippen LogP contribution in [0.1, 0.15) is 5.82 Å². The van der Waals surface area contributed by atoms with Gasteiger partial charge in [-0.25, -0.2) is 0 Å². The van der Waals surface area contributed by atoms with Crippen molar-refractivity contribution in [3.8, 4) is 17.2 Å². The summed E-state index contributed by atoms with van der Waals surface area (Å²) in [5.41, 5.74) is 0.655. The summed E-state index contributed by atoms with van der Waals surface area (Å²) in [6.07, 6.45) is 0. The van der Waals surface area contributed by atoms with Crippen LogP contribution in [0.2, 0.25) is 0 Å². The van der Waals surface area contributed by atoms with Gasteiger partial charge in [-0.2, -0.15) is 13.8 Å². The second kappa shape index (κ2) is 4.26. The van der Waals surface area contributed by atoms with Gasteiger partial charge in [0.2, 0.25) is 0 Å². The normalized spacial score (nSPS) is 10.8. The predicted molar refractivity (Wildman–Crippen MR) is 51.1 cm³/mol. The van der Waals surface area contributed by atoms with Crippen LogP contribution < -0.4 is 4.74 Å². The van der Waals surface area contributed by atoms with Crippen LogP contribution >= 0.6 is 0 Å². The monoisotopic (exact) mass is 226 g/mol. The molecule has 4 nitrogen and oxygen atoms in total. The first-order valence-electron chi connectivity index (χ1n) is 4.51. The van der Waals surface area contributed by atoms with E-state index in [1.807, 2.05) is 0 Å². The Kier molecular flexibility index (Phi) is 2.80. The molecule has 0 aliphatic heterocycles. The fourth-order valence-electron chi connectivity index (χ4n) is 1.19. The molecule has 1 aromatic carbocycles. The minimum absolute atomic E-state index is 0.0926. The highest BCUT2D eigenvalue weighted by molar-refractivity contribution is 5.54. The highest BCUT2D eigenvalue weighted by Crippen LogP contribution is 2.21. The quantitative estimate of drug-likeness (QED) is 0.807. The van der Waals surface area contributed by atoms with E-state index in [4.69, 9.17) is 4.52 Å². The number of hydrogen-bond acceptors (Lipinski definition) is 4. The van der Waals surface area contributed by atoms with Crippen molar-refractivity contribution < 1.29 is 18.0 Å². The Labute approximate surface area is 89.8 Å². The lowest BCUT2D eigenvalue weighted by atomic mass is 10.2. The number of aromatic nitrogens is 2. The van der Waals surface area contributed by atoms with Gasteiger partial charge in [0, 0.05) is 5.56 Å². The molecule has 0 saturated heterocycles. The van der Waals surface area contributed by atoms with Gasteiger partial charge in [0.05, 0.1) is 0 Å². The van der Waals surface area contributed by atoms with Crippen molar-refractivity contribution in [3.63, 3.8) is 0 Å². The second-order valence-corrected chi connectivity index (χ2v) is 3.05. The zero-order valence-corrected chi connectivity index (χ0v) is 8.35. The van der Waals surface area contributed by atoms with Crippen LogP contribution in [0.25, 0.3) is 11.5 Å². The Morgan fingerprint density at radius 1 is 1.25 bits per heavy atom. The Balaban J connectivity index is 2.19. The molecule has 0 fully saturated rings. The molecule has 1 aromatic heterocycles. The van der Waals surface area contributed by atoms with E-state index in [2.05, 4.69) is 14.9 Å². The summed E-state index contributed by atoms with van der Waals surface area (Å²) in [6.45, 7) is -1.13. The predicted octanol–water partition coefficient (Wildman–Crippen LogP) is 2.65. The molecule has 0 radical (unpaired) electrons. The molecule has 0 aliphatic carbocycles. The number of rotatable bonds is 3. The molecule has 6 heteroatoms. The molecule has 0 atom stereocenters. The van der Waals surface area contributed by atoms with Crippen LogP contribution in [0, 0.1) is 6.92 Å².